The highest BCUT2D eigenvalue weighted by Crippen LogP contribution is 2.26. The van der Waals surface area contributed by atoms with Gasteiger partial charge >= 0.3 is 11.9 Å². The summed E-state index contributed by atoms with van der Waals surface area (Å²) in [5.41, 5.74) is 1.72. The molecule has 1 aromatic rings. The minimum absolute atomic E-state index is 0.0400. The van der Waals surface area contributed by atoms with Crippen LogP contribution < -0.4 is 11.3 Å². The molecule has 22 heavy (non-hydrogen) atoms. The number of hydrogen-bond donors (Lipinski definition) is 4. The zero-order valence-corrected chi connectivity index (χ0v) is 12.5. The molecule has 8 nitrogen and oxygen atoms in total. The van der Waals surface area contributed by atoms with E-state index in [9.17, 15) is 19.8 Å². The van der Waals surface area contributed by atoms with Crippen LogP contribution in [0.4, 0.5) is 0 Å². The third-order valence-corrected chi connectivity index (χ3v) is 2.99. The highest BCUT2D eigenvalue weighted by atomic mass is 16.6. The first-order valence-corrected chi connectivity index (χ1v) is 6.57. The number of phenols is 2. The predicted molar refractivity (Wildman–Crippen MR) is 76.8 cm³/mol. The van der Waals surface area contributed by atoms with Gasteiger partial charge in [-0.2, -0.15) is 0 Å². The van der Waals surface area contributed by atoms with Crippen molar-refractivity contribution in [2.24, 2.45) is 5.84 Å². The Morgan fingerprint density at radius 3 is 2.41 bits per heavy atom. The van der Waals surface area contributed by atoms with Gasteiger partial charge in [-0.1, -0.05) is 6.07 Å². The Morgan fingerprint density at radius 2 is 1.86 bits per heavy atom. The maximum atomic E-state index is 12.1. The Labute approximate surface area is 127 Å². The summed E-state index contributed by atoms with van der Waals surface area (Å²) in [5, 5.41) is 18.7. The lowest BCUT2D eigenvalue weighted by molar-refractivity contribution is -0.156. The standard InChI is InChI=1S/C14H20N2O6/c1-9(17)21-5-6-22-13(20)14(2,16-15)8-10-3-4-11(18)12(19)7-10/h3-4,7,16,18-19H,5-6,8,15H2,1-2H3/t14-/m0/s1. The molecule has 0 aliphatic carbocycles. The molecule has 1 aromatic carbocycles. The van der Waals surface area contributed by atoms with Crippen LogP contribution in [0.3, 0.4) is 0 Å². The van der Waals surface area contributed by atoms with E-state index < -0.39 is 17.5 Å². The Balaban J connectivity index is 2.67. The molecule has 0 heterocycles. The van der Waals surface area contributed by atoms with Gasteiger partial charge in [-0.25, -0.2) is 10.2 Å². The lowest BCUT2D eigenvalue weighted by Gasteiger charge is -2.26. The molecule has 0 amide bonds. The number of benzene rings is 1. The molecule has 0 aliphatic heterocycles. The number of hydrogen-bond acceptors (Lipinski definition) is 8. The van der Waals surface area contributed by atoms with Gasteiger partial charge in [-0.05, 0) is 24.6 Å². The third-order valence-electron chi connectivity index (χ3n) is 2.99. The normalized spacial score (nSPS) is 13.2. The van der Waals surface area contributed by atoms with Crippen molar-refractivity contribution in [1.82, 2.24) is 5.43 Å². The molecule has 0 bridgehead atoms. The van der Waals surface area contributed by atoms with Gasteiger partial charge < -0.3 is 19.7 Å². The van der Waals surface area contributed by atoms with Crippen LogP contribution in [0.15, 0.2) is 18.2 Å². The van der Waals surface area contributed by atoms with Crippen LogP contribution in [-0.4, -0.2) is 40.9 Å². The average molecular weight is 312 g/mol. The Bertz CT molecular complexity index is 548. The summed E-state index contributed by atoms with van der Waals surface area (Å²) in [7, 11) is 0. The van der Waals surface area contributed by atoms with Crippen molar-refractivity contribution >= 4 is 11.9 Å². The molecule has 0 fully saturated rings. The summed E-state index contributed by atoms with van der Waals surface area (Å²) in [6, 6.07) is 4.20. The molecule has 0 aliphatic rings. The van der Waals surface area contributed by atoms with Crippen molar-refractivity contribution < 1.29 is 29.3 Å². The van der Waals surface area contributed by atoms with Crippen molar-refractivity contribution in [3.05, 3.63) is 23.8 Å². The van der Waals surface area contributed by atoms with E-state index in [1.807, 2.05) is 0 Å². The first-order valence-electron chi connectivity index (χ1n) is 6.57. The summed E-state index contributed by atoms with van der Waals surface area (Å²) >= 11 is 0. The van der Waals surface area contributed by atoms with Gasteiger partial charge in [-0.15, -0.1) is 0 Å². The number of carbonyl (C=O) groups excluding carboxylic acids is 2. The van der Waals surface area contributed by atoms with Gasteiger partial charge in [0.1, 0.15) is 18.8 Å². The van der Waals surface area contributed by atoms with Crippen LogP contribution in [-0.2, 0) is 25.5 Å². The largest absolute Gasteiger partial charge is 0.504 e. The number of aromatic hydroxyl groups is 2. The quantitative estimate of drug-likeness (QED) is 0.181. The van der Waals surface area contributed by atoms with Crippen LogP contribution in [0.5, 0.6) is 11.5 Å². The fraction of sp³-hybridized carbons (Fsp3) is 0.429. The number of phenolic OH excluding ortho intramolecular Hbond substituents is 2. The summed E-state index contributed by atoms with van der Waals surface area (Å²) in [6.45, 7) is 2.66. The Morgan fingerprint density at radius 1 is 1.23 bits per heavy atom. The minimum atomic E-state index is -1.24. The van der Waals surface area contributed by atoms with E-state index in [4.69, 9.17) is 10.6 Å². The molecule has 1 rings (SSSR count). The van der Waals surface area contributed by atoms with Crippen LogP contribution in [0.2, 0.25) is 0 Å². The van der Waals surface area contributed by atoms with E-state index in [0.717, 1.165) is 0 Å². The molecule has 0 saturated carbocycles. The van der Waals surface area contributed by atoms with Crippen molar-refractivity contribution in [3.63, 3.8) is 0 Å². The monoisotopic (exact) mass is 312 g/mol. The van der Waals surface area contributed by atoms with E-state index in [1.54, 1.807) is 6.07 Å². The minimum Gasteiger partial charge on any atom is -0.504 e. The Kier molecular flexibility index (Phi) is 6.14. The maximum absolute atomic E-state index is 12.1. The molecule has 8 heteroatoms. The van der Waals surface area contributed by atoms with Gasteiger partial charge in [0.25, 0.3) is 0 Å². The molecule has 5 N–H and O–H groups in total. The van der Waals surface area contributed by atoms with Gasteiger partial charge in [0, 0.05) is 13.3 Å². The molecule has 0 radical (unpaired) electrons. The number of nitrogens with two attached hydrogens (primary N) is 1. The van der Waals surface area contributed by atoms with Crippen LogP contribution in [0, 0.1) is 0 Å². The predicted octanol–water partition coefficient (Wildman–Crippen LogP) is -0.0314. The molecule has 0 aromatic heterocycles. The zero-order chi connectivity index (χ0) is 16.8. The molecular weight excluding hydrogens is 292 g/mol. The van der Waals surface area contributed by atoms with Crippen molar-refractivity contribution in [2.75, 3.05) is 13.2 Å². The van der Waals surface area contributed by atoms with Crippen LogP contribution >= 0.6 is 0 Å². The summed E-state index contributed by atoms with van der Waals surface area (Å²) in [4.78, 5) is 22.7. The van der Waals surface area contributed by atoms with E-state index in [-0.39, 0.29) is 31.1 Å². The second kappa shape index (κ2) is 7.62. The summed E-state index contributed by atoms with van der Waals surface area (Å²) < 4.78 is 9.66. The van der Waals surface area contributed by atoms with Gasteiger partial charge in [0.15, 0.2) is 11.5 Å². The molecule has 122 valence electrons. The number of rotatable bonds is 7. The van der Waals surface area contributed by atoms with Gasteiger partial charge in [0.05, 0.1) is 0 Å². The average Bonchev–Trinajstić information content (AvgIpc) is 2.46. The third kappa shape index (κ3) is 4.90. The highest BCUT2D eigenvalue weighted by molar-refractivity contribution is 5.80. The maximum Gasteiger partial charge on any atom is 0.327 e. The molecule has 0 unspecified atom stereocenters. The number of nitrogens with one attached hydrogen (secondary N) is 1. The lowest BCUT2D eigenvalue weighted by atomic mass is 9.93. The SMILES string of the molecule is CC(=O)OCCOC(=O)[C@](C)(Cc1ccc(O)c(O)c1)NN. The van der Waals surface area contributed by atoms with Crippen LogP contribution in [0.25, 0.3) is 0 Å². The van der Waals surface area contributed by atoms with E-state index in [2.05, 4.69) is 10.2 Å². The zero-order valence-electron chi connectivity index (χ0n) is 12.5. The van der Waals surface area contributed by atoms with Crippen molar-refractivity contribution in [3.8, 4) is 11.5 Å². The molecular formula is C14H20N2O6. The summed E-state index contributed by atoms with van der Waals surface area (Å²) in [5.74, 6) is 3.79. The smallest absolute Gasteiger partial charge is 0.327 e. The van der Waals surface area contributed by atoms with Crippen LogP contribution in [0.1, 0.15) is 19.4 Å². The first kappa shape index (κ1) is 17.7. The molecule has 1 atom stereocenters. The topological polar surface area (TPSA) is 131 Å². The van der Waals surface area contributed by atoms with Crippen molar-refractivity contribution in [1.29, 1.82) is 0 Å². The van der Waals surface area contributed by atoms with Gasteiger partial charge in [0.2, 0.25) is 0 Å². The van der Waals surface area contributed by atoms with Gasteiger partial charge in [-0.3, -0.25) is 10.6 Å². The van der Waals surface area contributed by atoms with E-state index in [1.165, 1.54) is 26.0 Å². The highest BCUT2D eigenvalue weighted by Gasteiger charge is 2.34. The molecule has 0 spiro atoms. The number of hydrazine groups is 1. The second-order valence-corrected chi connectivity index (χ2v) is 4.95. The second-order valence-electron chi connectivity index (χ2n) is 4.95. The number of carbonyl (C=O) groups is 2. The summed E-state index contributed by atoms with van der Waals surface area (Å²) in [6.07, 6.45) is 0.129. The number of ether oxygens (including phenoxy) is 2. The Hall–Kier alpha value is -2.32. The fourth-order valence-electron chi connectivity index (χ4n) is 1.75. The first-order chi connectivity index (χ1) is 10.3. The van der Waals surface area contributed by atoms with E-state index >= 15 is 0 Å². The lowest BCUT2D eigenvalue weighted by Crippen LogP contribution is -2.55. The number of esters is 2. The molecule has 0 saturated heterocycles. The van der Waals surface area contributed by atoms with Crippen molar-refractivity contribution in [2.45, 2.75) is 25.8 Å². The fourth-order valence-corrected chi connectivity index (χ4v) is 1.75. The van der Waals surface area contributed by atoms with E-state index in [0.29, 0.717) is 5.56 Å².